The number of nitrogens with one attached hydrogen (secondary N) is 1. The molecule has 0 amide bonds. The van der Waals surface area contributed by atoms with Gasteiger partial charge in [-0.2, -0.15) is 0 Å². The molecule has 12 heavy (non-hydrogen) atoms. The molecule has 2 heterocycles. The fourth-order valence-corrected chi connectivity index (χ4v) is 1.49. The third-order valence-electron chi connectivity index (χ3n) is 1.98. The van der Waals surface area contributed by atoms with Gasteiger partial charge >= 0.3 is 0 Å². The molecule has 2 rings (SSSR count). The monoisotopic (exact) mass is 168 g/mol. The Balaban J connectivity index is 2.21. The molecule has 0 aromatic heterocycles. The Labute approximate surface area is 70.4 Å². The predicted molar refractivity (Wildman–Crippen MR) is 44.3 cm³/mol. The molecule has 0 bridgehead atoms. The summed E-state index contributed by atoms with van der Waals surface area (Å²) in [7, 11) is 0. The van der Waals surface area contributed by atoms with Crippen LogP contribution < -0.4 is 11.7 Å². The van der Waals surface area contributed by atoms with E-state index in [1.165, 1.54) is 0 Å². The summed E-state index contributed by atoms with van der Waals surface area (Å²) in [6.07, 6.45) is 1.78. The Kier molecular flexibility index (Phi) is 1.45. The lowest BCUT2D eigenvalue weighted by atomic mass is 10.3. The first-order valence-electron chi connectivity index (χ1n) is 3.73. The largest absolute Gasteiger partial charge is 0.331 e. The van der Waals surface area contributed by atoms with Crippen molar-refractivity contribution < 1.29 is 0 Å². The highest BCUT2D eigenvalue weighted by Gasteiger charge is 2.28. The lowest BCUT2D eigenvalue weighted by Crippen LogP contribution is -2.49. The summed E-state index contributed by atoms with van der Waals surface area (Å²) in [4.78, 5) is 1.96. The first-order chi connectivity index (χ1) is 5.66. The van der Waals surface area contributed by atoms with Crippen molar-refractivity contribution in [2.75, 3.05) is 19.8 Å². The number of nitrogens with zero attached hydrogens (tertiary/aromatic N) is 3. The molecule has 0 aliphatic carbocycles. The van der Waals surface area contributed by atoms with E-state index < -0.39 is 0 Å². The van der Waals surface area contributed by atoms with Crippen LogP contribution >= 0.6 is 0 Å². The fraction of sp³-hybridized carbons (Fsp3) is 0.500. The molecule has 0 aromatic carbocycles. The number of rotatable bonds is 0. The minimum absolute atomic E-state index is 0.496. The topological polar surface area (TPSA) is 85.6 Å². The number of nitrogens with two attached hydrogens (primary N) is 2. The molecular weight excluding hydrogens is 156 g/mol. The summed E-state index contributed by atoms with van der Waals surface area (Å²) < 4.78 is 0. The molecule has 0 radical (unpaired) electrons. The summed E-state index contributed by atoms with van der Waals surface area (Å²) in [5, 5.41) is 10.6. The second-order valence-electron chi connectivity index (χ2n) is 3.07. The van der Waals surface area contributed by atoms with E-state index in [1.807, 2.05) is 4.90 Å². The van der Waals surface area contributed by atoms with Crippen LogP contribution in [0.1, 0.15) is 0 Å². The summed E-state index contributed by atoms with van der Waals surface area (Å²) in [6.45, 7) is 1.74. The SMILES string of the molecule is N=C1CN(N)C2=CN(N)CN2C1. The van der Waals surface area contributed by atoms with E-state index in [9.17, 15) is 0 Å². The maximum Gasteiger partial charge on any atom is 0.138 e. The van der Waals surface area contributed by atoms with Gasteiger partial charge in [0.05, 0.1) is 19.3 Å². The fourth-order valence-electron chi connectivity index (χ4n) is 1.49. The molecule has 6 nitrogen and oxygen atoms in total. The van der Waals surface area contributed by atoms with Crippen LogP contribution in [-0.2, 0) is 0 Å². The molecule has 2 aliphatic rings. The van der Waals surface area contributed by atoms with Crippen LogP contribution in [0.4, 0.5) is 0 Å². The van der Waals surface area contributed by atoms with Crippen molar-refractivity contribution in [3.63, 3.8) is 0 Å². The Morgan fingerprint density at radius 3 is 2.83 bits per heavy atom. The zero-order chi connectivity index (χ0) is 8.72. The Hall–Kier alpha value is -1.27. The van der Waals surface area contributed by atoms with Gasteiger partial charge < -0.3 is 10.3 Å². The number of hydrogen-bond acceptors (Lipinski definition) is 6. The van der Waals surface area contributed by atoms with E-state index in [2.05, 4.69) is 0 Å². The van der Waals surface area contributed by atoms with Crippen LogP contribution in [-0.4, -0.2) is 40.4 Å². The van der Waals surface area contributed by atoms with Gasteiger partial charge in [0.25, 0.3) is 0 Å². The Morgan fingerprint density at radius 1 is 1.33 bits per heavy atom. The van der Waals surface area contributed by atoms with Crippen LogP contribution in [0.15, 0.2) is 12.0 Å². The molecule has 0 spiro atoms. The zero-order valence-corrected chi connectivity index (χ0v) is 6.70. The van der Waals surface area contributed by atoms with Crippen LogP contribution in [0.3, 0.4) is 0 Å². The van der Waals surface area contributed by atoms with Crippen LogP contribution in [0, 0.1) is 5.41 Å². The maximum atomic E-state index is 7.49. The summed E-state index contributed by atoms with van der Waals surface area (Å²) >= 11 is 0. The quantitative estimate of drug-likeness (QED) is 0.381. The van der Waals surface area contributed by atoms with E-state index in [4.69, 9.17) is 17.1 Å². The van der Waals surface area contributed by atoms with Crippen LogP contribution in [0.2, 0.25) is 0 Å². The van der Waals surface area contributed by atoms with E-state index in [0.29, 0.717) is 25.5 Å². The molecule has 0 saturated carbocycles. The van der Waals surface area contributed by atoms with Crippen molar-refractivity contribution in [2.45, 2.75) is 0 Å². The van der Waals surface area contributed by atoms with Crippen molar-refractivity contribution in [2.24, 2.45) is 11.7 Å². The van der Waals surface area contributed by atoms with Gasteiger partial charge in [-0.25, -0.2) is 11.7 Å². The van der Waals surface area contributed by atoms with Crippen molar-refractivity contribution >= 4 is 5.71 Å². The highest BCUT2D eigenvalue weighted by Crippen LogP contribution is 2.18. The molecule has 0 unspecified atom stereocenters. The minimum Gasteiger partial charge on any atom is -0.331 e. The van der Waals surface area contributed by atoms with Gasteiger partial charge in [0, 0.05) is 5.71 Å². The third-order valence-corrected chi connectivity index (χ3v) is 1.98. The number of hydrogen-bond donors (Lipinski definition) is 3. The lowest BCUT2D eigenvalue weighted by molar-refractivity contribution is 0.207. The Bertz CT molecular complexity index is 246. The molecule has 66 valence electrons. The average molecular weight is 168 g/mol. The summed E-state index contributed by atoms with van der Waals surface area (Å²) in [5.74, 6) is 12.1. The summed E-state index contributed by atoms with van der Waals surface area (Å²) in [6, 6.07) is 0. The maximum absolute atomic E-state index is 7.49. The van der Waals surface area contributed by atoms with Crippen LogP contribution in [0.25, 0.3) is 0 Å². The second-order valence-corrected chi connectivity index (χ2v) is 3.07. The molecule has 6 heteroatoms. The van der Waals surface area contributed by atoms with Gasteiger partial charge in [-0.05, 0) is 0 Å². The van der Waals surface area contributed by atoms with Gasteiger partial charge in [0.1, 0.15) is 12.5 Å². The van der Waals surface area contributed by atoms with E-state index in [1.54, 1.807) is 16.2 Å². The van der Waals surface area contributed by atoms with Gasteiger partial charge in [0.15, 0.2) is 0 Å². The minimum atomic E-state index is 0.496. The van der Waals surface area contributed by atoms with Crippen molar-refractivity contribution in [1.82, 2.24) is 14.9 Å². The van der Waals surface area contributed by atoms with E-state index >= 15 is 0 Å². The third kappa shape index (κ3) is 1.01. The molecule has 0 atom stereocenters. The first kappa shape index (κ1) is 7.38. The van der Waals surface area contributed by atoms with Gasteiger partial charge in [-0.3, -0.25) is 10.0 Å². The van der Waals surface area contributed by atoms with Crippen LogP contribution in [0.5, 0.6) is 0 Å². The van der Waals surface area contributed by atoms with Crippen molar-refractivity contribution in [1.29, 1.82) is 5.41 Å². The average Bonchev–Trinajstić information content (AvgIpc) is 2.29. The predicted octanol–water partition coefficient (Wildman–Crippen LogP) is -1.56. The van der Waals surface area contributed by atoms with Crippen molar-refractivity contribution in [3.8, 4) is 0 Å². The standard InChI is InChI=1S/C6H12N6/c7-5-1-10-4-11(8)3-6(10)12(9)2-5/h3,7H,1-2,4,8-9H2. The molecule has 1 saturated heterocycles. The molecule has 0 aromatic rings. The molecule has 2 aliphatic heterocycles. The van der Waals surface area contributed by atoms with Gasteiger partial charge in [-0.15, -0.1) is 0 Å². The highest BCUT2D eigenvalue weighted by atomic mass is 15.6. The lowest BCUT2D eigenvalue weighted by Gasteiger charge is -2.33. The molecular formula is C6H12N6. The van der Waals surface area contributed by atoms with E-state index in [0.717, 1.165) is 5.82 Å². The van der Waals surface area contributed by atoms with Gasteiger partial charge in [-0.1, -0.05) is 0 Å². The Morgan fingerprint density at radius 2 is 2.08 bits per heavy atom. The number of hydrazine groups is 2. The van der Waals surface area contributed by atoms with Crippen molar-refractivity contribution in [3.05, 3.63) is 12.0 Å². The highest BCUT2D eigenvalue weighted by molar-refractivity contribution is 5.86. The smallest absolute Gasteiger partial charge is 0.138 e. The molecule has 5 N–H and O–H groups in total. The first-order valence-corrected chi connectivity index (χ1v) is 3.73. The zero-order valence-electron chi connectivity index (χ0n) is 6.70. The molecule has 1 fully saturated rings. The summed E-state index contributed by atoms with van der Waals surface area (Å²) in [5.41, 5.74) is 0.616. The second kappa shape index (κ2) is 2.36. The van der Waals surface area contributed by atoms with E-state index in [-0.39, 0.29) is 0 Å². The number of fused-ring (bicyclic) bond motifs is 1. The van der Waals surface area contributed by atoms with Gasteiger partial charge in [0.2, 0.25) is 0 Å². The normalized spacial score (nSPS) is 23.0.